The first kappa shape index (κ1) is 21.8. The van der Waals surface area contributed by atoms with Crippen LogP contribution in [-0.4, -0.2) is 15.3 Å². The molecule has 0 saturated carbocycles. The summed E-state index contributed by atoms with van der Waals surface area (Å²) in [5.41, 5.74) is 3.85. The highest BCUT2D eigenvalue weighted by atomic mass is 16.3. The number of hydrogen-bond donors (Lipinski definition) is 3. The van der Waals surface area contributed by atoms with E-state index >= 15 is 0 Å². The molecule has 3 nitrogen and oxygen atoms in total. The SMILES string of the molecule is CC(C)([C]1C=CC(C(C)(c2ccc(O)cc2)c2ccc(O)cc2)=CC1)c1ccc(O)cc1. The molecule has 1 aliphatic carbocycles. The molecule has 1 aliphatic rings. The zero-order chi connectivity index (χ0) is 22.9. The first-order valence-electron chi connectivity index (χ1n) is 10.8. The van der Waals surface area contributed by atoms with Crippen LogP contribution in [0.15, 0.2) is 96.6 Å². The Morgan fingerprint density at radius 2 is 0.969 bits per heavy atom. The van der Waals surface area contributed by atoms with Crippen LogP contribution in [0.25, 0.3) is 0 Å². The molecule has 0 fully saturated rings. The average molecular weight is 426 g/mol. The third kappa shape index (κ3) is 3.91. The molecule has 0 unspecified atom stereocenters. The number of benzene rings is 3. The van der Waals surface area contributed by atoms with Crippen molar-refractivity contribution in [1.82, 2.24) is 0 Å². The minimum atomic E-state index is -0.438. The van der Waals surface area contributed by atoms with Crippen LogP contribution in [0.3, 0.4) is 0 Å². The monoisotopic (exact) mass is 425 g/mol. The molecule has 163 valence electrons. The van der Waals surface area contributed by atoms with Crippen LogP contribution in [0.2, 0.25) is 0 Å². The number of aromatic hydroxyl groups is 3. The smallest absolute Gasteiger partial charge is 0.115 e. The van der Waals surface area contributed by atoms with Gasteiger partial charge in [-0.3, -0.25) is 0 Å². The van der Waals surface area contributed by atoms with Gasteiger partial charge in [0.15, 0.2) is 0 Å². The zero-order valence-electron chi connectivity index (χ0n) is 18.7. The predicted molar refractivity (Wildman–Crippen MR) is 129 cm³/mol. The Balaban J connectivity index is 1.70. The van der Waals surface area contributed by atoms with Crippen molar-refractivity contribution in [3.63, 3.8) is 0 Å². The minimum Gasteiger partial charge on any atom is -0.508 e. The van der Waals surface area contributed by atoms with Crippen molar-refractivity contribution in [1.29, 1.82) is 0 Å². The van der Waals surface area contributed by atoms with Crippen LogP contribution in [0.1, 0.15) is 43.9 Å². The lowest BCUT2D eigenvalue weighted by molar-refractivity contribution is 0.472. The molecule has 0 spiro atoms. The van der Waals surface area contributed by atoms with E-state index in [2.05, 4.69) is 39.0 Å². The van der Waals surface area contributed by atoms with Crippen molar-refractivity contribution in [2.45, 2.75) is 38.0 Å². The first-order chi connectivity index (χ1) is 15.2. The maximum absolute atomic E-state index is 9.81. The molecule has 0 heterocycles. The van der Waals surface area contributed by atoms with E-state index in [-0.39, 0.29) is 22.7 Å². The molecule has 4 rings (SSSR count). The highest BCUT2D eigenvalue weighted by molar-refractivity contribution is 5.55. The van der Waals surface area contributed by atoms with Crippen LogP contribution in [0.4, 0.5) is 0 Å². The zero-order valence-corrected chi connectivity index (χ0v) is 18.7. The van der Waals surface area contributed by atoms with Gasteiger partial charge in [0.1, 0.15) is 17.2 Å². The molecule has 3 aromatic carbocycles. The number of rotatable bonds is 5. The van der Waals surface area contributed by atoms with Gasteiger partial charge >= 0.3 is 0 Å². The number of phenolic OH excluding ortho intramolecular Hbond substituents is 3. The van der Waals surface area contributed by atoms with Crippen LogP contribution in [0.5, 0.6) is 17.2 Å². The van der Waals surface area contributed by atoms with Gasteiger partial charge in [0.25, 0.3) is 0 Å². The summed E-state index contributed by atoms with van der Waals surface area (Å²) in [6.45, 7) is 6.59. The van der Waals surface area contributed by atoms with E-state index in [0.29, 0.717) is 0 Å². The van der Waals surface area contributed by atoms with Gasteiger partial charge in [-0.1, -0.05) is 68.5 Å². The molecule has 3 aromatic rings. The largest absolute Gasteiger partial charge is 0.508 e. The second kappa shape index (κ2) is 8.23. The van der Waals surface area contributed by atoms with Gasteiger partial charge in [-0.05, 0) is 77.4 Å². The summed E-state index contributed by atoms with van der Waals surface area (Å²) in [4.78, 5) is 0. The Labute approximate surface area is 190 Å². The van der Waals surface area contributed by atoms with Gasteiger partial charge in [-0.15, -0.1) is 0 Å². The Morgan fingerprint density at radius 3 is 1.34 bits per heavy atom. The summed E-state index contributed by atoms with van der Waals surface area (Å²) in [5.74, 6) is 2.04. The van der Waals surface area contributed by atoms with E-state index < -0.39 is 5.41 Å². The first-order valence-corrected chi connectivity index (χ1v) is 10.8. The summed E-state index contributed by atoms with van der Waals surface area (Å²) in [6.07, 6.45) is 7.48. The predicted octanol–water partition coefficient (Wildman–Crippen LogP) is 6.55. The molecule has 1 radical (unpaired) electrons. The second-order valence-corrected chi connectivity index (χ2v) is 9.11. The van der Waals surface area contributed by atoms with Crippen molar-refractivity contribution in [2.75, 3.05) is 0 Å². The van der Waals surface area contributed by atoms with Crippen LogP contribution >= 0.6 is 0 Å². The number of hydrogen-bond acceptors (Lipinski definition) is 3. The molecular weight excluding hydrogens is 396 g/mol. The van der Waals surface area contributed by atoms with Crippen molar-refractivity contribution < 1.29 is 15.3 Å². The van der Waals surface area contributed by atoms with Gasteiger partial charge in [0.2, 0.25) is 0 Å². The van der Waals surface area contributed by atoms with E-state index in [0.717, 1.165) is 23.1 Å². The van der Waals surface area contributed by atoms with Crippen LogP contribution in [-0.2, 0) is 10.8 Å². The summed E-state index contributed by atoms with van der Waals surface area (Å²) in [6, 6.07) is 22.1. The Bertz CT molecular complexity index is 1090. The molecular formula is C29H29O3. The van der Waals surface area contributed by atoms with E-state index in [1.54, 1.807) is 36.4 Å². The highest BCUT2D eigenvalue weighted by Gasteiger charge is 2.36. The topological polar surface area (TPSA) is 60.7 Å². The molecule has 0 aliphatic heterocycles. The average Bonchev–Trinajstić information content (AvgIpc) is 2.80. The normalized spacial score (nSPS) is 14.9. The third-order valence-corrected chi connectivity index (χ3v) is 6.86. The molecule has 0 saturated heterocycles. The van der Waals surface area contributed by atoms with Crippen molar-refractivity contribution >= 4 is 0 Å². The number of allylic oxidation sites excluding steroid dienone is 4. The molecule has 32 heavy (non-hydrogen) atoms. The molecule has 0 bridgehead atoms. The number of phenols is 3. The molecule has 0 amide bonds. The van der Waals surface area contributed by atoms with Crippen molar-refractivity contribution in [3.05, 3.63) is 119 Å². The van der Waals surface area contributed by atoms with Gasteiger partial charge in [-0.2, -0.15) is 0 Å². The second-order valence-electron chi connectivity index (χ2n) is 9.11. The fourth-order valence-corrected chi connectivity index (χ4v) is 4.53. The Hall–Kier alpha value is -3.46. The van der Waals surface area contributed by atoms with Gasteiger partial charge < -0.3 is 15.3 Å². The maximum Gasteiger partial charge on any atom is 0.115 e. The maximum atomic E-state index is 9.81. The van der Waals surface area contributed by atoms with Gasteiger partial charge in [0.05, 0.1) is 0 Å². The van der Waals surface area contributed by atoms with E-state index in [1.165, 1.54) is 11.5 Å². The van der Waals surface area contributed by atoms with Gasteiger partial charge in [-0.25, -0.2) is 0 Å². The minimum absolute atomic E-state index is 0.167. The quantitative estimate of drug-likeness (QED) is 0.434. The lowest BCUT2D eigenvalue weighted by Crippen LogP contribution is -2.30. The Kier molecular flexibility index (Phi) is 5.60. The van der Waals surface area contributed by atoms with Crippen LogP contribution < -0.4 is 0 Å². The fourth-order valence-electron chi connectivity index (χ4n) is 4.53. The summed E-state index contributed by atoms with van der Waals surface area (Å²) in [5, 5.41) is 29.3. The molecule has 3 heteroatoms. The van der Waals surface area contributed by atoms with Crippen molar-refractivity contribution in [3.8, 4) is 17.2 Å². The lowest BCUT2D eigenvalue weighted by Gasteiger charge is -2.38. The van der Waals surface area contributed by atoms with E-state index in [9.17, 15) is 15.3 Å². The molecule has 0 atom stereocenters. The molecule has 0 aromatic heterocycles. The van der Waals surface area contributed by atoms with E-state index in [4.69, 9.17) is 0 Å². The summed E-state index contributed by atoms with van der Waals surface area (Å²) >= 11 is 0. The lowest BCUT2D eigenvalue weighted by atomic mass is 9.65. The Morgan fingerprint density at radius 1 is 0.562 bits per heavy atom. The van der Waals surface area contributed by atoms with Gasteiger partial charge in [0, 0.05) is 11.3 Å². The van der Waals surface area contributed by atoms with Crippen molar-refractivity contribution in [2.24, 2.45) is 0 Å². The van der Waals surface area contributed by atoms with Crippen LogP contribution in [0, 0.1) is 5.92 Å². The van der Waals surface area contributed by atoms with E-state index in [1.807, 2.05) is 36.4 Å². The fraction of sp³-hybridized carbons (Fsp3) is 0.207. The highest BCUT2D eigenvalue weighted by Crippen LogP contribution is 2.45. The summed E-state index contributed by atoms with van der Waals surface area (Å²) in [7, 11) is 0. The standard InChI is InChI=1S/C29H29O3/c1-28(2,21-8-14-25(30)15-9-21)20-4-6-22(7-5-20)29(3,23-10-16-26(31)17-11-23)24-12-18-27(32)19-13-24/h4,6-19,30-32H,5H2,1-3H3. The third-order valence-electron chi connectivity index (χ3n) is 6.86. The molecule has 3 N–H and O–H groups in total. The summed E-state index contributed by atoms with van der Waals surface area (Å²) < 4.78 is 0.